The second-order valence-corrected chi connectivity index (χ2v) is 4.91. The number of carbonyl (C=O) groups is 1. The van der Waals surface area contributed by atoms with Gasteiger partial charge in [0.2, 0.25) is 0 Å². The third-order valence-corrected chi connectivity index (χ3v) is 3.18. The minimum Gasteiger partial charge on any atom is -0.398 e. The van der Waals surface area contributed by atoms with Gasteiger partial charge in [-0.05, 0) is 43.2 Å². The molecule has 4 nitrogen and oxygen atoms in total. The van der Waals surface area contributed by atoms with Gasteiger partial charge in [-0.3, -0.25) is 9.78 Å². The van der Waals surface area contributed by atoms with Crippen molar-refractivity contribution in [3.63, 3.8) is 0 Å². The zero-order valence-corrected chi connectivity index (χ0v) is 12.0. The Kier molecular flexibility index (Phi) is 4.07. The Hall–Kier alpha value is -2.57. The molecular formula is C15H14F3N3O. The first kappa shape index (κ1) is 15.8. The van der Waals surface area contributed by atoms with Crippen molar-refractivity contribution in [3.8, 4) is 0 Å². The minimum atomic E-state index is -4.53. The monoisotopic (exact) mass is 309 g/mol. The van der Waals surface area contributed by atoms with Gasteiger partial charge in [0.25, 0.3) is 5.91 Å². The molecule has 7 heteroatoms. The van der Waals surface area contributed by atoms with Crippen molar-refractivity contribution in [3.05, 3.63) is 52.8 Å². The molecule has 0 atom stereocenters. The van der Waals surface area contributed by atoms with Gasteiger partial charge in [0.05, 0.1) is 5.56 Å². The van der Waals surface area contributed by atoms with E-state index in [1.54, 1.807) is 19.1 Å². The number of amides is 1. The maximum atomic E-state index is 12.6. The minimum absolute atomic E-state index is 0.312. The van der Waals surface area contributed by atoms with Crippen molar-refractivity contribution in [2.24, 2.45) is 0 Å². The molecule has 0 fully saturated rings. The Morgan fingerprint density at radius 2 is 1.86 bits per heavy atom. The molecule has 1 aromatic carbocycles. The number of rotatable bonds is 2. The first-order valence-corrected chi connectivity index (χ1v) is 6.40. The highest BCUT2D eigenvalue weighted by molar-refractivity contribution is 6.03. The van der Waals surface area contributed by atoms with Crippen molar-refractivity contribution in [1.82, 2.24) is 4.98 Å². The van der Waals surface area contributed by atoms with Crippen LogP contribution in [0.2, 0.25) is 0 Å². The van der Waals surface area contributed by atoms with Gasteiger partial charge in [0, 0.05) is 17.6 Å². The van der Waals surface area contributed by atoms with Gasteiger partial charge >= 0.3 is 6.18 Å². The van der Waals surface area contributed by atoms with Crippen molar-refractivity contribution >= 4 is 17.3 Å². The molecule has 0 aliphatic heterocycles. The lowest BCUT2D eigenvalue weighted by atomic mass is 10.1. The van der Waals surface area contributed by atoms with Gasteiger partial charge in [0.15, 0.2) is 0 Å². The molecule has 3 N–H and O–H groups in total. The quantitative estimate of drug-likeness (QED) is 0.834. The van der Waals surface area contributed by atoms with Crippen LogP contribution >= 0.6 is 0 Å². The van der Waals surface area contributed by atoms with Crippen molar-refractivity contribution in [2.75, 3.05) is 11.1 Å². The molecule has 1 amide bonds. The molecule has 0 saturated heterocycles. The number of nitrogen functional groups attached to an aromatic ring is 1. The third-order valence-electron chi connectivity index (χ3n) is 3.18. The molecule has 0 aliphatic rings. The number of pyridine rings is 1. The van der Waals surface area contributed by atoms with E-state index >= 15 is 0 Å². The lowest BCUT2D eigenvalue weighted by Crippen LogP contribution is -2.16. The van der Waals surface area contributed by atoms with Gasteiger partial charge in [-0.15, -0.1) is 0 Å². The summed E-state index contributed by atoms with van der Waals surface area (Å²) in [4.78, 5) is 15.7. The van der Waals surface area contributed by atoms with E-state index in [4.69, 9.17) is 5.73 Å². The molecule has 1 aromatic heterocycles. The predicted molar refractivity (Wildman–Crippen MR) is 77.5 cm³/mol. The maximum absolute atomic E-state index is 12.6. The average molecular weight is 309 g/mol. The predicted octanol–water partition coefficient (Wildman–Crippen LogP) is 3.55. The van der Waals surface area contributed by atoms with E-state index in [-0.39, 0.29) is 5.69 Å². The molecule has 0 aliphatic carbocycles. The summed E-state index contributed by atoms with van der Waals surface area (Å²) < 4.78 is 37.9. The molecule has 0 radical (unpaired) electrons. The number of carbonyl (C=O) groups excluding carboxylic acids is 1. The molecular weight excluding hydrogens is 295 g/mol. The zero-order chi connectivity index (χ0) is 16.5. The first-order valence-electron chi connectivity index (χ1n) is 6.40. The van der Waals surface area contributed by atoms with Gasteiger partial charge in [-0.1, -0.05) is 6.07 Å². The fraction of sp³-hybridized carbons (Fsp3) is 0.200. The van der Waals surface area contributed by atoms with E-state index in [0.29, 0.717) is 17.4 Å². The number of nitrogens with one attached hydrogen (secondary N) is 1. The summed E-state index contributed by atoms with van der Waals surface area (Å²) in [5, 5.41) is 2.52. The molecule has 0 bridgehead atoms. The molecule has 116 valence electrons. The standard InChI is InChI=1S/C15H14F3N3O/c1-8-5-9(2)12(7-11(8)19)21-14(22)13-6-10(3-4-20-13)15(16,17)18/h3-7H,19H2,1-2H3,(H,21,22). The normalized spacial score (nSPS) is 11.3. The van der Waals surface area contributed by atoms with Crippen LogP contribution in [0.1, 0.15) is 27.2 Å². The van der Waals surface area contributed by atoms with Crippen LogP contribution in [-0.2, 0) is 6.18 Å². The number of anilines is 2. The lowest BCUT2D eigenvalue weighted by Gasteiger charge is -2.12. The van der Waals surface area contributed by atoms with Crippen LogP contribution in [0.3, 0.4) is 0 Å². The van der Waals surface area contributed by atoms with Gasteiger partial charge in [0.1, 0.15) is 5.69 Å². The highest BCUT2D eigenvalue weighted by Crippen LogP contribution is 2.29. The Labute approximate surface area is 125 Å². The fourth-order valence-corrected chi connectivity index (χ4v) is 1.92. The highest BCUT2D eigenvalue weighted by Gasteiger charge is 2.31. The van der Waals surface area contributed by atoms with Crippen LogP contribution < -0.4 is 11.1 Å². The molecule has 0 unspecified atom stereocenters. The maximum Gasteiger partial charge on any atom is 0.416 e. The van der Waals surface area contributed by atoms with E-state index in [2.05, 4.69) is 10.3 Å². The highest BCUT2D eigenvalue weighted by atomic mass is 19.4. The van der Waals surface area contributed by atoms with E-state index in [1.807, 2.05) is 6.92 Å². The number of nitrogens with zero attached hydrogens (tertiary/aromatic N) is 1. The fourth-order valence-electron chi connectivity index (χ4n) is 1.92. The van der Waals surface area contributed by atoms with Crippen molar-refractivity contribution in [1.29, 1.82) is 0 Å². The van der Waals surface area contributed by atoms with Gasteiger partial charge < -0.3 is 11.1 Å². The second-order valence-electron chi connectivity index (χ2n) is 4.91. The topological polar surface area (TPSA) is 68.0 Å². The van der Waals surface area contributed by atoms with Crippen molar-refractivity contribution < 1.29 is 18.0 Å². The number of alkyl halides is 3. The van der Waals surface area contributed by atoms with Crippen LogP contribution in [0.25, 0.3) is 0 Å². The number of hydrogen-bond donors (Lipinski definition) is 2. The van der Waals surface area contributed by atoms with Crippen LogP contribution in [0.15, 0.2) is 30.5 Å². The van der Waals surface area contributed by atoms with E-state index in [9.17, 15) is 18.0 Å². The number of aryl methyl sites for hydroxylation is 2. The summed E-state index contributed by atoms with van der Waals surface area (Å²) in [5.41, 5.74) is 7.07. The Bertz CT molecular complexity index is 726. The van der Waals surface area contributed by atoms with Crippen molar-refractivity contribution in [2.45, 2.75) is 20.0 Å². The summed E-state index contributed by atoms with van der Waals surface area (Å²) in [6.45, 7) is 3.59. The second kappa shape index (κ2) is 5.67. The lowest BCUT2D eigenvalue weighted by molar-refractivity contribution is -0.137. The molecule has 1 heterocycles. The molecule has 0 spiro atoms. The van der Waals surface area contributed by atoms with E-state index in [1.165, 1.54) is 0 Å². The van der Waals surface area contributed by atoms with Gasteiger partial charge in [-0.2, -0.15) is 13.2 Å². The van der Waals surface area contributed by atoms with Crippen LogP contribution in [0.5, 0.6) is 0 Å². The average Bonchev–Trinajstić information content (AvgIpc) is 2.44. The summed E-state index contributed by atoms with van der Waals surface area (Å²) in [7, 11) is 0. The van der Waals surface area contributed by atoms with Crippen LogP contribution in [0.4, 0.5) is 24.5 Å². The summed E-state index contributed by atoms with van der Waals surface area (Å²) in [5.74, 6) is -0.725. The van der Waals surface area contributed by atoms with E-state index < -0.39 is 17.6 Å². The summed E-state index contributed by atoms with van der Waals surface area (Å²) >= 11 is 0. The Morgan fingerprint density at radius 1 is 1.18 bits per heavy atom. The summed E-state index contributed by atoms with van der Waals surface area (Å²) in [6, 6.07) is 4.87. The Morgan fingerprint density at radius 3 is 2.50 bits per heavy atom. The molecule has 22 heavy (non-hydrogen) atoms. The number of hydrogen-bond acceptors (Lipinski definition) is 3. The zero-order valence-electron chi connectivity index (χ0n) is 12.0. The summed E-state index contributed by atoms with van der Waals surface area (Å²) in [6.07, 6.45) is -3.57. The van der Waals surface area contributed by atoms with Crippen LogP contribution in [-0.4, -0.2) is 10.9 Å². The SMILES string of the molecule is Cc1cc(C)c(NC(=O)c2cc(C(F)(F)F)ccn2)cc1N. The smallest absolute Gasteiger partial charge is 0.398 e. The van der Waals surface area contributed by atoms with Gasteiger partial charge in [-0.25, -0.2) is 0 Å². The molecule has 2 rings (SSSR count). The number of aromatic nitrogens is 1. The largest absolute Gasteiger partial charge is 0.416 e. The number of halogens is 3. The van der Waals surface area contributed by atoms with Crippen LogP contribution in [0, 0.1) is 13.8 Å². The molecule has 2 aromatic rings. The van der Waals surface area contributed by atoms with E-state index in [0.717, 1.165) is 23.4 Å². The first-order chi connectivity index (χ1) is 10.2. The molecule has 0 saturated carbocycles. The third kappa shape index (κ3) is 3.36. The number of nitrogens with two attached hydrogens (primary N) is 1. The Balaban J connectivity index is 2.29. The number of benzene rings is 1.